The molecule has 7 heteroatoms. The van der Waals surface area contributed by atoms with Crippen LogP contribution in [0.3, 0.4) is 0 Å². The van der Waals surface area contributed by atoms with Crippen molar-refractivity contribution in [1.82, 2.24) is 10.2 Å². The van der Waals surface area contributed by atoms with Gasteiger partial charge in [-0.3, -0.25) is 4.79 Å². The molecule has 0 aromatic heterocycles. The van der Waals surface area contributed by atoms with E-state index in [1.807, 2.05) is 6.07 Å². The topological polar surface area (TPSA) is 56.1 Å². The zero-order valence-electron chi connectivity index (χ0n) is 11.6. The molecule has 1 rings (SSSR count). The normalized spacial score (nSPS) is 11.0. The summed E-state index contributed by atoms with van der Waals surface area (Å²) in [6, 6.07) is 8.84. The third-order valence-electron chi connectivity index (χ3n) is 2.84. The van der Waals surface area contributed by atoms with Crippen LogP contribution in [0.2, 0.25) is 0 Å². The molecule has 0 aliphatic rings. The number of hydrogen-bond donors (Lipinski definition) is 1. The first kappa shape index (κ1) is 17.0. The van der Waals surface area contributed by atoms with Gasteiger partial charge in [0.1, 0.15) is 0 Å². The monoisotopic (exact) mass is 299 g/mol. The number of benzene rings is 1. The van der Waals surface area contributed by atoms with Gasteiger partial charge < -0.3 is 10.2 Å². The molecule has 0 spiro atoms. The van der Waals surface area contributed by atoms with Gasteiger partial charge in [0.15, 0.2) is 0 Å². The summed E-state index contributed by atoms with van der Waals surface area (Å²) in [4.78, 5) is 13.3. The van der Waals surface area contributed by atoms with Gasteiger partial charge >= 0.3 is 6.18 Å². The summed E-state index contributed by atoms with van der Waals surface area (Å²) in [5, 5.41) is 11.1. The first-order chi connectivity index (χ1) is 9.87. The Balaban J connectivity index is 2.62. The van der Waals surface area contributed by atoms with Crippen LogP contribution < -0.4 is 5.32 Å². The number of amides is 1. The largest absolute Gasteiger partial charge is 0.401 e. The van der Waals surface area contributed by atoms with Crippen LogP contribution in [0, 0.1) is 11.3 Å². The lowest BCUT2D eigenvalue weighted by Crippen LogP contribution is -2.40. The first-order valence-electron chi connectivity index (χ1n) is 6.40. The summed E-state index contributed by atoms with van der Waals surface area (Å²) in [7, 11) is 0. The minimum atomic E-state index is -4.34. The van der Waals surface area contributed by atoms with E-state index < -0.39 is 18.6 Å². The second kappa shape index (κ2) is 7.64. The predicted molar refractivity (Wildman–Crippen MR) is 71.2 cm³/mol. The van der Waals surface area contributed by atoms with Crippen LogP contribution in [0.5, 0.6) is 0 Å². The average Bonchev–Trinajstić information content (AvgIpc) is 2.43. The van der Waals surface area contributed by atoms with Crippen LogP contribution in [-0.2, 0) is 11.3 Å². The third kappa shape index (κ3) is 5.83. The van der Waals surface area contributed by atoms with Crippen LogP contribution in [-0.4, -0.2) is 36.6 Å². The highest BCUT2D eigenvalue weighted by Gasteiger charge is 2.27. The van der Waals surface area contributed by atoms with E-state index in [1.54, 1.807) is 31.2 Å². The molecule has 0 aliphatic heterocycles. The van der Waals surface area contributed by atoms with Crippen molar-refractivity contribution in [3.8, 4) is 6.07 Å². The SMILES string of the molecule is CCN(Cc1ccccc1C#N)C(=O)CNCC(F)(F)F. The Morgan fingerprint density at radius 1 is 1.38 bits per heavy atom. The Bertz CT molecular complexity index is 523. The van der Waals surface area contributed by atoms with Crippen molar-refractivity contribution < 1.29 is 18.0 Å². The highest BCUT2D eigenvalue weighted by Crippen LogP contribution is 2.13. The molecule has 0 saturated heterocycles. The summed E-state index contributed by atoms with van der Waals surface area (Å²) in [5.74, 6) is -0.436. The van der Waals surface area contributed by atoms with E-state index in [9.17, 15) is 18.0 Å². The van der Waals surface area contributed by atoms with E-state index in [0.717, 1.165) is 0 Å². The number of nitrogens with zero attached hydrogens (tertiary/aromatic N) is 2. The Hall–Kier alpha value is -2.07. The molecule has 0 aliphatic carbocycles. The van der Waals surface area contributed by atoms with Crippen LogP contribution in [0.15, 0.2) is 24.3 Å². The summed E-state index contributed by atoms with van der Waals surface area (Å²) in [6.07, 6.45) is -4.34. The Kier molecular flexibility index (Phi) is 6.18. The van der Waals surface area contributed by atoms with Crippen molar-refractivity contribution in [1.29, 1.82) is 5.26 Å². The lowest BCUT2D eigenvalue weighted by molar-refractivity contribution is -0.134. The van der Waals surface area contributed by atoms with Crippen molar-refractivity contribution in [2.75, 3.05) is 19.6 Å². The lowest BCUT2D eigenvalue weighted by Gasteiger charge is -2.22. The molecule has 1 N–H and O–H groups in total. The maximum absolute atomic E-state index is 12.0. The Labute approximate surface area is 121 Å². The fraction of sp³-hybridized carbons (Fsp3) is 0.429. The van der Waals surface area contributed by atoms with E-state index in [2.05, 4.69) is 5.32 Å². The molecule has 0 saturated carbocycles. The van der Waals surface area contributed by atoms with Gasteiger partial charge in [-0.1, -0.05) is 18.2 Å². The molecule has 114 valence electrons. The number of hydrogen-bond acceptors (Lipinski definition) is 3. The molecule has 0 bridgehead atoms. The lowest BCUT2D eigenvalue weighted by atomic mass is 10.1. The summed E-state index contributed by atoms with van der Waals surface area (Å²) >= 11 is 0. The molecule has 1 aromatic carbocycles. The standard InChI is InChI=1S/C14H16F3N3O/c1-2-20(13(21)8-19-10-14(15,16)17)9-12-6-4-3-5-11(12)7-18/h3-6,19H,2,8-10H2,1H3. The quantitative estimate of drug-likeness (QED) is 0.875. The van der Waals surface area contributed by atoms with E-state index in [0.29, 0.717) is 17.7 Å². The van der Waals surface area contributed by atoms with E-state index in [4.69, 9.17) is 5.26 Å². The molecule has 0 atom stereocenters. The minimum absolute atomic E-state index is 0.201. The number of alkyl halides is 3. The van der Waals surface area contributed by atoms with Gasteiger partial charge in [-0.05, 0) is 18.6 Å². The average molecular weight is 299 g/mol. The molecule has 4 nitrogen and oxygen atoms in total. The van der Waals surface area contributed by atoms with E-state index in [-0.39, 0.29) is 13.1 Å². The number of carbonyl (C=O) groups excluding carboxylic acids is 1. The van der Waals surface area contributed by atoms with Gasteiger partial charge in [-0.15, -0.1) is 0 Å². The maximum atomic E-state index is 12.0. The molecule has 0 radical (unpaired) electrons. The van der Waals surface area contributed by atoms with E-state index >= 15 is 0 Å². The fourth-order valence-electron chi connectivity index (χ4n) is 1.77. The van der Waals surface area contributed by atoms with Crippen LogP contribution >= 0.6 is 0 Å². The third-order valence-corrected chi connectivity index (χ3v) is 2.84. The number of rotatable bonds is 6. The number of nitrogens with one attached hydrogen (secondary N) is 1. The fourth-order valence-corrected chi connectivity index (χ4v) is 1.77. The second-order valence-electron chi connectivity index (χ2n) is 4.40. The van der Waals surface area contributed by atoms with Gasteiger partial charge in [0.05, 0.1) is 24.7 Å². The highest BCUT2D eigenvalue weighted by molar-refractivity contribution is 5.78. The Morgan fingerprint density at radius 3 is 2.62 bits per heavy atom. The molecule has 21 heavy (non-hydrogen) atoms. The van der Waals surface area contributed by atoms with Crippen molar-refractivity contribution >= 4 is 5.91 Å². The summed E-state index contributed by atoms with van der Waals surface area (Å²) < 4.78 is 36.0. The summed E-state index contributed by atoms with van der Waals surface area (Å²) in [5.41, 5.74) is 1.12. The number of halogens is 3. The van der Waals surface area contributed by atoms with Crippen molar-refractivity contribution in [2.45, 2.75) is 19.6 Å². The predicted octanol–water partition coefficient (Wildman–Crippen LogP) is 2.06. The second-order valence-corrected chi connectivity index (χ2v) is 4.40. The minimum Gasteiger partial charge on any atom is -0.337 e. The number of carbonyl (C=O) groups is 1. The van der Waals surface area contributed by atoms with Gasteiger partial charge in [-0.2, -0.15) is 18.4 Å². The molecule has 0 fully saturated rings. The highest BCUT2D eigenvalue weighted by atomic mass is 19.4. The maximum Gasteiger partial charge on any atom is 0.401 e. The van der Waals surface area contributed by atoms with Gasteiger partial charge in [0, 0.05) is 13.1 Å². The van der Waals surface area contributed by atoms with Crippen LogP contribution in [0.4, 0.5) is 13.2 Å². The van der Waals surface area contributed by atoms with Crippen molar-refractivity contribution in [3.63, 3.8) is 0 Å². The van der Waals surface area contributed by atoms with Crippen LogP contribution in [0.1, 0.15) is 18.1 Å². The van der Waals surface area contributed by atoms with Crippen LogP contribution in [0.25, 0.3) is 0 Å². The first-order valence-corrected chi connectivity index (χ1v) is 6.40. The zero-order valence-corrected chi connectivity index (χ0v) is 11.6. The zero-order chi connectivity index (χ0) is 15.9. The van der Waals surface area contributed by atoms with Crippen molar-refractivity contribution in [3.05, 3.63) is 35.4 Å². The van der Waals surface area contributed by atoms with Crippen molar-refractivity contribution in [2.24, 2.45) is 0 Å². The smallest absolute Gasteiger partial charge is 0.337 e. The number of likely N-dealkylation sites (N-methyl/N-ethyl adjacent to an activating group) is 1. The molecular weight excluding hydrogens is 283 g/mol. The Morgan fingerprint density at radius 2 is 2.05 bits per heavy atom. The molecule has 0 heterocycles. The van der Waals surface area contributed by atoms with Gasteiger partial charge in [-0.25, -0.2) is 0 Å². The number of nitriles is 1. The molecular formula is C14H16F3N3O. The molecule has 1 aromatic rings. The molecule has 1 amide bonds. The van der Waals surface area contributed by atoms with E-state index in [1.165, 1.54) is 4.90 Å². The van der Waals surface area contributed by atoms with Gasteiger partial charge in [0.2, 0.25) is 5.91 Å². The summed E-state index contributed by atoms with van der Waals surface area (Å²) in [6.45, 7) is 0.697. The van der Waals surface area contributed by atoms with Gasteiger partial charge in [0.25, 0.3) is 0 Å². The molecule has 0 unspecified atom stereocenters.